The van der Waals surface area contributed by atoms with Crippen molar-refractivity contribution >= 4 is 17.3 Å². The number of benzene rings is 2. The first-order valence-corrected chi connectivity index (χ1v) is 6.92. The van der Waals surface area contributed by atoms with Crippen LogP contribution in [0.5, 0.6) is 5.75 Å². The van der Waals surface area contributed by atoms with E-state index in [-0.39, 0.29) is 0 Å². The topological polar surface area (TPSA) is 44.5 Å². The van der Waals surface area contributed by atoms with Crippen LogP contribution in [0.3, 0.4) is 0 Å². The second-order valence-electron chi connectivity index (χ2n) is 4.45. The van der Waals surface area contributed by atoms with Crippen LogP contribution in [0.15, 0.2) is 48.5 Å². The van der Waals surface area contributed by atoms with Gasteiger partial charge >= 0.3 is 0 Å². The van der Waals surface area contributed by atoms with Crippen LogP contribution in [-0.2, 0) is 11.3 Å². The maximum absolute atomic E-state index is 5.82. The third-order valence-corrected chi connectivity index (χ3v) is 2.99. The lowest BCUT2D eigenvalue weighted by Gasteiger charge is -2.07. The lowest BCUT2D eigenvalue weighted by Crippen LogP contribution is -2.03. The van der Waals surface area contributed by atoms with Gasteiger partial charge in [-0.2, -0.15) is 0 Å². The van der Waals surface area contributed by atoms with Crippen LogP contribution in [-0.4, -0.2) is 13.2 Å². The van der Waals surface area contributed by atoms with E-state index in [1.165, 1.54) is 0 Å². The molecule has 0 fully saturated rings. The fourth-order valence-electron chi connectivity index (χ4n) is 1.73. The minimum Gasteiger partial charge on any atom is -0.493 e. The van der Waals surface area contributed by atoms with E-state index in [1.54, 1.807) is 0 Å². The Bertz CT molecular complexity index is 528. The summed E-state index contributed by atoms with van der Waals surface area (Å²) in [4.78, 5) is 0. The van der Waals surface area contributed by atoms with E-state index in [9.17, 15) is 0 Å². The number of nitrogen functional groups attached to an aromatic ring is 1. The molecule has 3 nitrogen and oxygen atoms in total. The van der Waals surface area contributed by atoms with Gasteiger partial charge in [-0.25, -0.2) is 0 Å². The van der Waals surface area contributed by atoms with Crippen molar-refractivity contribution in [2.75, 3.05) is 18.9 Å². The van der Waals surface area contributed by atoms with E-state index in [4.69, 9.17) is 26.8 Å². The van der Waals surface area contributed by atoms with Crippen LogP contribution in [0, 0.1) is 0 Å². The fourth-order valence-corrected chi connectivity index (χ4v) is 1.85. The van der Waals surface area contributed by atoms with Crippen LogP contribution in [0.25, 0.3) is 0 Å². The first kappa shape index (κ1) is 14.7. The average molecular weight is 292 g/mol. The van der Waals surface area contributed by atoms with E-state index in [2.05, 4.69) is 0 Å². The zero-order valence-corrected chi connectivity index (χ0v) is 12.0. The Morgan fingerprint density at radius 1 is 1.00 bits per heavy atom. The van der Waals surface area contributed by atoms with Crippen molar-refractivity contribution in [2.24, 2.45) is 0 Å². The Labute approximate surface area is 124 Å². The van der Waals surface area contributed by atoms with E-state index in [0.717, 1.165) is 22.8 Å². The molecule has 0 bridgehead atoms. The van der Waals surface area contributed by atoms with E-state index < -0.39 is 0 Å². The Morgan fingerprint density at radius 3 is 2.55 bits per heavy atom. The SMILES string of the molecule is Nc1cccc(OCCCOCc2ccc(Cl)cc2)c1. The van der Waals surface area contributed by atoms with Crippen LogP contribution in [0.4, 0.5) is 5.69 Å². The third kappa shape index (κ3) is 5.11. The van der Waals surface area contributed by atoms with Gasteiger partial charge < -0.3 is 15.2 Å². The van der Waals surface area contributed by atoms with Gasteiger partial charge in [-0.15, -0.1) is 0 Å². The summed E-state index contributed by atoms with van der Waals surface area (Å²) in [7, 11) is 0. The summed E-state index contributed by atoms with van der Waals surface area (Å²) in [6, 6.07) is 15.1. The molecule has 2 N–H and O–H groups in total. The number of ether oxygens (including phenoxy) is 2. The lowest BCUT2D eigenvalue weighted by molar-refractivity contribution is 0.107. The maximum Gasteiger partial charge on any atom is 0.121 e. The predicted molar refractivity (Wildman–Crippen MR) is 82.1 cm³/mol. The van der Waals surface area contributed by atoms with E-state index >= 15 is 0 Å². The monoisotopic (exact) mass is 291 g/mol. The second kappa shape index (κ2) is 7.78. The van der Waals surface area contributed by atoms with Crippen LogP contribution < -0.4 is 10.5 Å². The van der Waals surface area contributed by atoms with Gasteiger partial charge in [0.2, 0.25) is 0 Å². The normalized spacial score (nSPS) is 10.4. The van der Waals surface area contributed by atoms with Gasteiger partial charge in [0.15, 0.2) is 0 Å². The van der Waals surface area contributed by atoms with Gasteiger partial charge in [0.25, 0.3) is 0 Å². The molecule has 0 aliphatic carbocycles. The number of halogens is 1. The Balaban J connectivity index is 1.59. The van der Waals surface area contributed by atoms with E-state index in [0.29, 0.717) is 25.5 Å². The van der Waals surface area contributed by atoms with Crippen molar-refractivity contribution in [1.29, 1.82) is 0 Å². The molecule has 0 unspecified atom stereocenters. The van der Waals surface area contributed by atoms with Crippen molar-refractivity contribution in [2.45, 2.75) is 13.0 Å². The minimum absolute atomic E-state index is 0.593. The summed E-state index contributed by atoms with van der Waals surface area (Å²) in [5.74, 6) is 0.794. The van der Waals surface area contributed by atoms with Gasteiger partial charge in [0, 0.05) is 23.2 Å². The fraction of sp³-hybridized carbons (Fsp3) is 0.250. The van der Waals surface area contributed by atoms with Crippen molar-refractivity contribution in [3.63, 3.8) is 0 Å². The highest BCUT2D eigenvalue weighted by Crippen LogP contribution is 2.14. The second-order valence-corrected chi connectivity index (χ2v) is 4.89. The van der Waals surface area contributed by atoms with E-state index in [1.807, 2.05) is 48.5 Å². The summed E-state index contributed by atoms with van der Waals surface area (Å²) >= 11 is 5.82. The van der Waals surface area contributed by atoms with Crippen molar-refractivity contribution in [3.05, 3.63) is 59.1 Å². The highest BCUT2D eigenvalue weighted by atomic mass is 35.5. The summed E-state index contributed by atoms with van der Waals surface area (Å²) in [6.07, 6.45) is 0.836. The zero-order chi connectivity index (χ0) is 14.2. The Hall–Kier alpha value is -1.71. The summed E-state index contributed by atoms with van der Waals surface area (Å²) in [5.41, 5.74) is 7.50. The molecule has 0 heterocycles. The Kier molecular flexibility index (Phi) is 5.71. The first-order chi connectivity index (χ1) is 9.74. The van der Waals surface area contributed by atoms with Crippen molar-refractivity contribution < 1.29 is 9.47 Å². The summed E-state index contributed by atoms with van der Waals surface area (Å²) in [5, 5.41) is 0.740. The molecular weight excluding hydrogens is 274 g/mol. The van der Waals surface area contributed by atoms with Gasteiger partial charge in [-0.3, -0.25) is 0 Å². The molecule has 0 spiro atoms. The van der Waals surface area contributed by atoms with Gasteiger partial charge in [-0.05, 0) is 29.8 Å². The largest absolute Gasteiger partial charge is 0.493 e. The molecule has 0 saturated carbocycles. The quantitative estimate of drug-likeness (QED) is 0.621. The molecule has 4 heteroatoms. The Morgan fingerprint density at radius 2 is 1.80 bits per heavy atom. The third-order valence-electron chi connectivity index (χ3n) is 2.74. The molecule has 2 rings (SSSR count). The first-order valence-electron chi connectivity index (χ1n) is 6.54. The zero-order valence-electron chi connectivity index (χ0n) is 11.2. The molecule has 0 aliphatic rings. The molecule has 0 amide bonds. The number of rotatable bonds is 7. The summed E-state index contributed by atoms with van der Waals surface area (Å²) < 4.78 is 11.2. The molecule has 0 atom stereocenters. The summed E-state index contributed by atoms with van der Waals surface area (Å²) in [6.45, 7) is 1.87. The number of hydrogen-bond acceptors (Lipinski definition) is 3. The highest BCUT2D eigenvalue weighted by molar-refractivity contribution is 6.30. The lowest BCUT2D eigenvalue weighted by atomic mass is 10.2. The number of nitrogens with two attached hydrogens (primary N) is 1. The molecule has 106 valence electrons. The molecule has 20 heavy (non-hydrogen) atoms. The predicted octanol–water partition coefficient (Wildman–Crippen LogP) is 3.91. The standard InChI is InChI=1S/C16H18ClNO2/c17-14-7-5-13(6-8-14)12-19-9-2-10-20-16-4-1-3-15(18)11-16/h1,3-8,11H,2,9-10,12,18H2. The van der Waals surface area contributed by atoms with Gasteiger partial charge in [-0.1, -0.05) is 29.8 Å². The van der Waals surface area contributed by atoms with Crippen LogP contribution in [0.2, 0.25) is 5.02 Å². The van der Waals surface area contributed by atoms with Gasteiger partial charge in [0.05, 0.1) is 19.8 Å². The highest BCUT2D eigenvalue weighted by Gasteiger charge is 1.96. The molecule has 0 saturated heterocycles. The van der Waals surface area contributed by atoms with Gasteiger partial charge in [0.1, 0.15) is 5.75 Å². The molecule has 0 aliphatic heterocycles. The maximum atomic E-state index is 5.82. The number of anilines is 1. The average Bonchev–Trinajstić information content (AvgIpc) is 2.45. The molecular formula is C16H18ClNO2. The van der Waals surface area contributed by atoms with Crippen molar-refractivity contribution in [3.8, 4) is 5.75 Å². The van der Waals surface area contributed by atoms with Crippen LogP contribution in [0.1, 0.15) is 12.0 Å². The molecule has 0 radical (unpaired) electrons. The smallest absolute Gasteiger partial charge is 0.121 e. The minimum atomic E-state index is 0.593. The number of hydrogen-bond donors (Lipinski definition) is 1. The van der Waals surface area contributed by atoms with Crippen molar-refractivity contribution in [1.82, 2.24) is 0 Å². The molecule has 2 aromatic rings. The van der Waals surface area contributed by atoms with Crippen LogP contribution >= 0.6 is 11.6 Å². The molecule has 0 aromatic heterocycles. The molecule has 2 aromatic carbocycles.